The van der Waals surface area contributed by atoms with Gasteiger partial charge in [0.25, 0.3) is 0 Å². The summed E-state index contributed by atoms with van der Waals surface area (Å²) in [6.07, 6.45) is 4.38. The number of primary amides is 1. The number of nitrogens with one attached hydrogen (secondary N) is 1. The summed E-state index contributed by atoms with van der Waals surface area (Å²) in [4.78, 5) is 18.4. The Balaban J connectivity index is 1.64. The number of rotatable bonds is 5. The minimum atomic E-state index is -0.411. The van der Waals surface area contributed by atoms with E-state index in [-0.39, 0.29) is 0 Å². The molecule has 3 N–H and O–H groups in total. The number of carbonyl (C=O) groups excluding carboxylic acids is 1. The van der Waals surface area contributed by atoms with E-state index >= 15 is 0 Å². The van der Waals surface area contributed by atoms with Crippen LogP contribution in [0.1, 0.15) is 41.3 Å². The molecule has 0 radical (unpaired) electrons. The first-order valence-electron chi connectivity index (χ1n) is 9.82. The highest BCUT2D eigenvalue weighted by Crippen LogP contribution is 2.19. The van der Waals surface area contributed by atoms with Gasteiger partial charge in [0.05, 0.1) is 6.54 Å². The highest BCUT2D eigenvalue weighted by atomic mass is 16.1. The van der Waals surface area contributed by atoms with Crippen LogP contribution in [0.15, 0.2) is 65.2 Å². The molecule has 1 aliphatic rings. The number of piperidine rings is 1. The van der Waals surface area contributed by atoms with Crippen molar-refractivity contribution in [3.63, 3.8) is 0 Å². The van der Waals surface area contributed by atoms with Gasteiger partial charge in [-0.15, -0.1) is 0 Å². The van der Waals surface area contributed by atoms with Crippen LogP contribution in [0.25, 0.3) is 6.08 Å². The topological polar surface area (TPSA) is 70.7 Å². The summed E-state index contributed by atoms with van der Waals surface area (Å²) < 4.78 is 0. The van der Waals surface area contributed by atoms with Crippen LogP contribution in [-0.4, -0.2) is 36.4 Å². The van der Waals surface area contributed by atoms with Crippen molar-refractivity contribution >= 4 is 17.9 Å². The minimum Gasteiger partial charge on any atom is -0.366 e. The lowest BCUT2D eigenvalue weighted by atomic mass is 10.0. The number of hydrogen-bond acceptors (Lipinski definition) is 2. The van der Waals surface area contributed by atoms with Gasteiger partial charge in [-0.25, -0.2) is 4.99 Å². The van der Waals surface area contributed by atoms with E-state index in [4.69, 9.17) is 10.7 Å². The summed E-state index contributed by atoms with van der Waals surface area (Å²) in [6.45, 7) is 5.32. The minimum absolute atomic E-state index is 0.411. The van der Waals surface area contributed by atoms with Crippen LogP contribution in [0.4, 0.5) is 0 Å². The number of nitrogens with two attached hydrogens (primary N) is 1. The maximum Gasteiger partial charge on any atom is 0.248 e. The number of likely N-dealkylation sites (tertiary alicyclic amines) is 1. The van der Waals surface area contributed by atoms with Crippen LogP contribution in [0, 0.1) is 0 Å². The predicted octanol–water partition coefficient (Wildman–Crippen LogP) is 3.43. The lowest BCUT2D eigenvalue weighted by Crippen LogP contribution is -2.44. The Labute approximate surface area is 167 Å². The van der Waals surface area contributed by atoms with Gasteiger partial charge in [0.2, 0.25) is 5.91 Å². The second kappa shape index (κ2) is 9.74. The Morgan fingerprint density at radius 1 is 1.14 bits per heavy atom. The molecule has 0 saturated carbocycles. The highest BCUT2D eigenvalue weighted by molar-refractivity contribution is 5.92. The van der Waals surface area contributed by atoms with Crippen LogP contribution in [0.5, 0.6) is 0 Å². The highest BCUT2D eigenvalue weighted by Gasteiger charge is 2.17. The molecule has 1 saturated heterocycles. The first-order valence-corrected chi connectivity index (χ1v) is 9.82. The predicted molar refractivity (Wildman–Crippen MR) is 115 cm³/mol. The molecule has 0 aromatic heterocycles. The zero-order valence-corrected chi connectivity index (χ0v) is 16.4. The maximum atomic E-state index is 11.4. The van der Waals surface area contributed by atoms with Crippen molar-refractivity contribution in [2.75, 3.05) is 19.6 Å². The Morgan fingerprint density at radius 3 is 2.57 bits per heavy atom. The van der Waals surface area contributed by atoms with Gasteiger partial charge in [-0.1, -0.05) is 54.1 Å². The molecular weight excluding hydrogens is 348 g/mol. The Kier molecular flexibility index (Phi) is 6.84. The number of amides is 1. The zero-order valence-electron chi connectivity index (χ0n) is 16.4. The van der Waals surface area contributed by atoms with Crippen LogP contribution < -0.4 is 11.1 Å². The van der Waals surface area contributed by atoms with Crippen molar-refractivity contribution < 1.29 is 4.79 Å². The molecule has 1 aliphatic heterocycles. The molecule has 0 atom stereocenters. The summed E-state index contributed by atoms with van der Waals surface area (Å²) in [5, 5.41) is 3.39. The number of carbonyl (C=O) groups is 1. The van der Waals surface area contributed by atoms with Gasteiger partial charge in [0, 0.05) is 25.2 Å². The van der Waals surface area contributed by atoms with E-state index < -0.39 is 5.91 Å². The first kappa shape index (κ1) is 19.7. The Bertz CT molecular complexity index is 848. The third kappa shape index (κ3) is 5.46. The van der Waals surface area contributed by atoms with Crippen molar-refractivity contribution in [3.05, 3.63) is 76.9 Å². The van der Waals surface area contributed by atoms with Gasteiger partial charge in [0.15, 0.2) is 5.96 Å². The molecule has 28 heavy (non-hydrogen) atoms. The number of aliphatic imine (C=N–C) groups is 1. The smallest absolute Gasteiger partial charge is 0.248 e. The monoisotopic (exact) mass is 376 g/mol. The van der Waals surface area contributed by atoms with Crippen molar-refractivity contribution in [3.8, 4) is 0 Å². The SMILES string of the molecule is CCNC(=NCc1cccc(C(N)=O)c1)N1CCC(=Cc2ccccc2)CC1. The quantitative estimate of drug-likeness (QED) is 0.620. The Hall–Kier alpha value is -3.08. The fourth-order valence-electron chi connectivity index (χ4n) is 3.35. The molecule has 146 valence electrons. The third-order valence-corrected chi connectivity index (χ3v) is 4.83. The van der Waals surface area contributed by atoms with Gasteiger partial charge in [-0.3, -0.25) is 4.79 Å². The van der Waals surface area contributed by atoms with E-state index in [0.29, 0.717) is 12.1 Å². The van der Waals surface area contributed by atoms with E-state index in [1.807, 2.05) is 24.3 Å². The average Bonchev–Trinajstić information content (AvgIpc) is 2.73. The zero-order chi connectivity index (χ0) is 19.8. The molecule has 5 heteroatoms. The summed E-state index contributed by atoms with van der Waals surface area (Å²) >= 11 is 0. The molecule has 0 spiro atoms. The fraction of sp³-hybridized carbons (Fsp3) is 0.304. The lowest BCUT2D eigenvalue weighted by molar-refractivity contribution is 0.1000. The summed E-state index contributed by atoms with van der Waals surface area (Å²) in [5.41, 5.74) is 9.61. The fourth-order valence-corrected chi connectivity index (χ4v) is 3.35. The number of guanidine groups is 1. The normalized spacial score (nSPS) is 14.7. The number of hydrogen-bond donors (Lipinski definition) is 2. The van der Waals surface area contributed by atoms with Crippen molar-refractivity contribution in [1.29, 1.82) is 0 Å². The molecule has 3 rings (SSSR count). The van der Waals surface area contributed by atoms with E-state index in [0.717, 1.165) is 44.0 Å². The van der Waals surface area contributed by atoms with E-state index in [1.54, 1.807) is 6.07 Å². The van der Waals surface area contributed by atoms with Gasteiger partial charge < -0.3 is 16.0 Å². The molecule has 1 amide bonds. The molecule has 2 aromatic rings. The van der Waals surface area contributed by atoms with Crippen molar-refractivity contribution in [2.45, 2.75) is 26.3 Å². The standard InChI is InChI=1S/C23H28N4O/c1-2-25-23(26-17-20-9-6-10-21(16-20)22(24)28)27-13-11-19(12-14-27)15-18-7-4-3-5-8-18/h3-10,15-16H,2,11-14,17H2,1H3,(H2,24,28)(H,25,26). The molecule has 1 fully saturated rings. The second-order valence-electron chi connectivity index (χ2n) is 6.94. The van der Waals surface area contributed by atoms with Gasteiger partial charge in [-0.05, 0) is 43.0 Å². The van der Waals surface area contributed by atoms with Crippen LogP contribution >= 0.6 is 0 Å². The molecule has 2 aromatic carbocycles. The first-order chi connectivity index (χ1) is 13.7. The molecule has 0 unspecified atom stereocenters. The van der Waals surface area contributed by atoms with Crippen LogP contribution in [-0.2, 0) is 6.54 Å². The number of benzene rings is 2. The molecule has 0 aliphatic carbocycles. The molecule has 5 nitrogen and oxygen atoms in total. The van der Waals surface area contributed by atoms with Gasteiger partial charge in [-0.2, -0.15) is 0 Å². The third-order valence-electron chi connectivity index (χ3n) is 4.83. The summed E-state index contributed by atoms with van der Waals surface area (Å²) in [5.74, 6) is 0.511. The molecule has 1 heterocycles. The largest absolute Gasteiger partial charge is 0.366 e. The molecule has 0 bridgehead atoms. The summed E-state index contributed by atoms with van der Waals surface area (Å²) in [7, 11) is 0. The van der Waals surface area contributed by atoms with Crippen LogP contribution in [0.2, 0.25) is 0 Å². The summed E-state index contributed by atoms with van der Waals surface area (Å²) in [6, 6.07) is 17.8. The maximum absolute atomic E-state index is 11.4. The average molecular weight is 377 g/mol. The van der Waals surface area contributed by atoms with Crippen molar-refractivity contribution in [2.24, 2.45) is 10.7 Å². The van der Waals surface area contributed by atoms with E-state index in [9.17, 15) is 4.79 Å². The lowest BCUT2D eigenvalue weighted by Gasteiger charge is -2.31. The van der Waals surface area contributed by atoms with Gasteiger partial charge >= 0.3 is 0 Å². The Morgan fingerprint density at radius 2 is 1.89 bits per heavy atom. The van der Waals surface area contributed by atoms with Gasteiger partial charge in [0.1, 0.15) is 0 Å². The number of nitrogens with zero attached hydrogens (tertiary/aromatic N) is 2. The van der Waals surface area contributed by atoms with Crippen molar-refractivity contribution in [1.82, 2.24) is 10.2 Å². The second-order valence-corrected chi connectivity index (χ2v) is 6.94. The molecular formula is C23H28N4O. The van der Waals surface area contributed by atoms with E-state index in [1.165, 1.54) is 11.1 Å². The van der Waals surface area contributed by atoms with Crippen LogP contribution in [0.3, 0.4) is 0 Å². The van der Waals surface area contributed by atoms with E-state index in [2.05, 4.69) is 47.5 Å².